The van der Waals surface area contributed by atoms with Crippen molar-refractivity contribution in [2.45, 2.75) is 6.92 Å². The summed E-state index contributed by atoms with van der Waals surface area (Å²) in [5.74, 6) is -1.23. The number of quaternary nitrogens is 1. The minimum atomic E-state index is -1.23. The third kappa shape index (κ3) is 5.12. The molecule has 0 aromatic carbocycles. The molecule has 0 saturated carbocycles. The third-order valence-corrected chi connectivity index (χ3v) is 2.41. The standard InChI is InChI=1S/C7H6ClNO2.C4H9NO/c1-4-5(7(10)11)2-3-6(8)9-4;1-3-6-4-2-5-1/h2-3H,1H3,(H,10,11);5H,1-4H2. The highest BCUT2D eigenvalue weighted by Crippen LogP contribution is 2.09. The molecule has 1 fully saturated rings. The second kappa shape index (κ2) is 7.21. The number of rotatable bonds is 1. The number of carbonyl (C=O) groups excluding carboxylic acids is 1. The number of ether oxygens (including phenoxy) is 1. The summed E-state index contributed by atoms with van der Waals surface area (Å²) in [4.78, 5) is 14.1. The molecule has 6 heteroatoms. The maximum Gasteiger partial charge on any atom is 0.129 e. The Bertz CT molecular complexity index is 369. The zero-order valence-corrected chi connectivity index (χ0v) is 10.4. The Labute approximate surface area is 105 Å². The molecule has 17 heavy (non-hydrogen) atoms. The molecule has 5 nitrogen and oxygen atoms in total. The molecule has 0 unspecified atom stereocenters. The van der Waals surface area contributed by atoms with Crippen molar-refractivity contribution >= 4 is 17.6 Å². The van der Waals surface area contributed by atoms with Gasteiger partial charge in [0.05, 0.1) is 32.3 Å². The molecular formula is C11H15ClN2O3. The number of morpholine rings is 1. The van der Waals surface area contributed by atoms with Crippen LogP contribution in [-0.4, -0.2) is 37.3 Å². The summed E-state index contributed by atoms with van der Waals surface area (Å²) >= 11 is 5.50. The number of pyridine rings is 1. The lowest BCUT2D eigenvalue weighted by Gasteiger charge is -2.07. The van der Waals surface area contributed by atoms with Crippen LogP contribution in [0, 0.1) is 6.92 Å². The minimum Gasteiger partial charge on any atom is -0.545 e. The number of carboxylic acids is 1. The zero-order valence-electron chi connectivity index (χ0n) is 9.61. The second-order valence-electron chi connectivity index (χ2n) is 3.53. The highest BCUT2D eigenvalue weighted by molar-refractivity contribution is 6.29. The van der Waals surface area contributed by atoms with E-state index in [0.29, 0.717) is 5.69 Å². The average molecular weight is 259 g/mol. The number of hydrogen-bond acceptors (Lipinski definition) is 4. The van der Waals surface area contributed by atoms with Gasteiger partial charge >= 0.3 is 0 Å². The molecule has 0 spiro atoms. The molecule has 1 aliphatic rings. The van der Waals surface area contributed by atoms with Gasteiger partial charge in [-0.15, -0.1) is 0 Å². The number of hydrogen-bond donors (Lipinski definition) is 1. The monoisotopic (exact) mass is 258 g/mol. The van der Waals surface area contributed by atoms with E-state index in [1.165, 1.54) is 12.1 Å². The summed E-state index contributed by atoms with van der Waals surface area (Å²) in [6.07, 6.45) is 0. The molecule has 0 amide bonds. The van der Waals surface area contributed by atoms with Crippen LogP contribution in [0.5, 0.6) is 0 Å². The number of nitrogens with two attached hydrogens (primary N) is 1. The Kier molecular flexibility index (Phi) is 5.90. The van der Waals surface area contributed by atoms with Crippen molar-refractivity contribution in [3.63, 3.8) is 0 Å². The van der Waals surface area contributed by atoms with Crippen molar-refractivity contribution in [2.75, 3.05) is 26.3 Å². The Morgan fingerprint density at radius 1 is 1.47 bits per heavy atom. The van der Waals surface area contributed by atoms with Gasteiger partial charge in [0.1, 0.15) is 5.15 Å². The van der Waals surface area contributed by atoms with Crippen LogP contribution in [0.3, 0.4) is 0 Å². The van der Waals surface area contributed by atoms with Gasteiger partial charge in [-0.3, -0.25) is 0 Å². The number of aromatic carboxylic acids is 1. The first-order chi connectivity index (χ1) is 8.11. The van der Waals surface area contributed by atoms with Crippen molar-refractivity contribution in [2.24, 2.45) is 0 Å². The normalized spacial score (nSPS) is 14.7. The molecule has 2 N–H and O–H groups in total. The number of carbonyl (C=O) groups is 1. The smallest absolute Gasteiger partial charge is 0.129 e. The first-order valence-corrected chi connectivity index (χ1v) is 5.73. The van der Waals surface area contributed by atoms with Gasteiger partial charge in [0.2, 0.25) is 0 Å². The third-order valence-electron chi connectivity index (χ3n) is 2.20. The van der Waals surface area contributed by atoms with Crippen LogP contribution >= 0.6 is 11.6 Å². The number of nitrogens with zero attached hydrogens (tertiary/aromatic N) is 1. The molecular weight excluding hydrogens is 244 g/mol. The molecule has 94 valence electrons. The number of carboxylic acid groups (broad SMARTS) is 1. The van der Waals surface area contributed by atoms with Crippen LogP contribution in [0.25, 0.3) is 0 Å². The highest BCUT2D eigenvalue weighted by Gasteiger charge is 1.99. The predicted molar refractivity (Wildman–Crippen MR) is 60.8 cm³/mol. The molecule has 1 aromatic rings. The van der Waals surface area contributed by atoms with Gasteiger partial charge in [-0.1, -0.05) is 11.6 Å². The van der Waals surface area contributed by atoms with Crippen LogP contribution in [0.1, 0.15) is 16.1 Å². The topological polar surface area (TPSA) is 78.9 Å². The van der Waals surface area contributed by atoms with E-state index in [2.05, 4.69) is 10.3 Å². The Morgan fingerprint density at radius 2 is 2.12 bits per heavy atom. The predicted octanol–water partition coefficient (Wildman–Crippen LogP) is -1.01. The Hall–Kier alpha value is -1.17. The minimum absolute atomic E-state index is 0.0781. The van der Waals surface area contributed by atoms with Crippen LogP contribution in [0.4, 0.5) is 0 Å². The van der Waals surface area contributed by atoms with Crippen molar-refractivity contribution in [3.05, 3.63) is 28.5 Å². The van der Waals surface area contributed by atoms with E-state index in [1.807, 2.05) is 0 Å². The molecule has 0 radical (unpaired) electrons. The van der Waals surface area contributed by atoms with Crippen LogP contribution < -0.4 is 10.4 Å². The van der Waals surface area contributed by atoms with Crippen LogP contribution in [-0.2, 0) is 4.74 Å². The molecule has 0 atom stereocenters. The van der Waals surface area contributed by atoms with Gasteiger partial charge in [0.25, 0.3) is 0 Å². The van der Waals surface area contributed by atoms with Gasteiger partial charge in [-0.05, 0) is 19.1 Å². The summed E-state index contributed by atoms with van der Waals surface area (Å²) in [6.45, 7) is 5.76. The van der Waals surface area contributed by atoms with Crippen molar-refractivity contribution in [1.82, 2.24) is 4.98 Å². The number of aryl methyl sites for hydroxylation is 1. The SMILES string of the molecule is C1COCC[NH2+]1.Cc1nc(Cl)ccc1C(=O)[O-]. The lowest BCUT2D eigenvalue weighted by Crippen LogP contribution is -2.87. The molecule has 1 aliphatic heterocycles. The molecule has 1 aromatic heterocycles. The van der Waals surface area contributed by atoms with Gasteiger partial charge in [0.15, 0.2) is 0 Å². The number of aromatic nitrogens is 1. The second-order valence-corrected chi connectivity index (χ2v) is 3.92. The fraction of sp³-hybridized carbons (Fsp3) is 0.455. The zero-order chi connectivity index (χ0) is 12.7. The summed E-state index contributed by atoms with van der Waals surface area (Å²) in [7, 11) is 0. The van der Waals surface area contributed by atoms with Crippen LogP contribution in [0.15, 0.2) is 12.1 Å². The van der Waals surface area contributed by atoms with Gasteiger partial charge in [-0.25, -0.2) is 4.98 Å². The maximum absolute atomic E-state index is 10.3. The van der Waals surface area contributed by atoms with Crippen molar-refractivity contribution in [1.29, 1.82) is 0 Å². The lowest BCUT2D eigenvalue weighted by molar-refractivity contribution is -0.670. The van der Waals surface area contributed by atoms with E-state index in [4.69, 9.17) is 16.3 Å². The van der Waals surface area contributed by atoms with Crippen molar-refractivity contribution in [3.8, 4) is 0 Å². The lowest BCUT2D eigenvalue weighted by atomic mass is 10.2. The average Bonchev–Trinajstić information content (AvgIpc) is 2.31. The van der Waals surface area contributed by atoms with Gasteiger partial charge in [0, 0.05) is 11.3 Å². The maximum atomic E-state index is 10.3. The summed E-state index contributed by atoms with van der Waals surface area (Å²) in [5.41, 5.74) is 0.451. The fourth-order valence-electron chi connectivity index (χ4n) is 1.33. The molecule has 2 heterocycles. The van der Waals surface area contributed by atoms with Gasteiger partial charge < -0.3 is 20.0 Å². The quantitative estimate of drug-likeness (QED) is 0.655. The Balaban J connectivity index is 0.000000202. The van der Waals surface area contributed by atoms with Crippen LogP contribution in [0.2, 0.25) is 5.15 Å². The van der Waals surface area contributed by atoms with E-state index in [1.54, 1.807) is 6.92 Å². The van der Waals surface area contributed by atoms with E-state index in [9.17, 15) is 9.90 Å². The van der Waals surface area contributed by atoms with Gasteiger partial charge in [-0.2, -0.15) is 0 Å². The summed E-state index contributed by atoms with van der Waals surface area (Å²) in [5, 5.41) is 12.9. The molecule has 2 rings (SSSR count). The van der Waals surface area contributed by atoms with E-state index < -0.39 is 5.97 Å². The summed E-state index contributed by atoms with van der Waals surface area (Å²) < 4.78 is 5.04. The Morgan fingerprint density at radius 3 is 2.47 bits per heavy atom. The summed E-state index contributed by atoms with van der Waals surface area (Å²) in [6, 6.07) is 2.79. The molecule has 0 aliphatic carbocycles. The largest absolute Gasteiger partial charge is 0.545 e. The van der Waals surface area contributed by atoms with E-state index in [0.717, 1.165) is 26.3 Å². The number of halogens is 1. The highest BCUT2D eigenvalue weighted by atomic mass is 35.5. The van der Waals surface area contributed by atoms with E-state index >= 15 is 0 Å². The molecule has 0 bridgehead atoms. The first kappa shape index (κ1) is 13.9. The first-order valence-electron chi connectivity index (χ1n) is 5.35. The van der Waals surface area contributed by atoms with Crippen molar-refractivity contribution < 1.29 is 20.0 Å². The van der Waals surface area contributed by atoms with E-state index in [-0.39, 0.29) is 10.7 Å². The fourth-order valence-corrected chi connectivity index (χ4v) is 1.52. The molecule has 1 saturated heterocycles.